The number of nitrogens with zero attached hydrogens (tertiary/aromatic N) is 2. The minimum atomic E-state index is 0.788. The second kappa shape index (κ2) is 1.81. The monoisotopic (exact) mass is 112 g/mol. The predicted octanol–water partition coefficient (Wildman–Crippen LogP) is -0.154. The van der Waals surface area contributed by atoms with Gasteiger partial charge in [-0.05, 0) is 13.8 Å². The fraction of sp³-hybridized carbons (Fsp3) is 0.500. The minimum absolute atomic E-state index is 0.788. The van der Waals surface area contributed by atoms with E-state index in [0.717, 1.165) is 11.7 Å². The Labute approximate surface area is 47.7 Å². The van der Waals surface area contributed by atoms with Crippen LogP contribution in [0.1, 0.15) is 13.8 Å². The van der Waals surface area contributed by atoms with E-state index in [9.17, 15) is 0 Å². The molecular formula is C4H8N4. The van der Waals surface area contributed by atoms with E-state index in [4.69, 9.17) is 0 Å². The van der Waals surface area contributed by atoms with Crippen LogP contribution in [0.25, 0.3) is 0 Å². The molecule has 0 aromatic carbocycles. The molecule has 8 heavy (non-hydrogen) atoms. The summed E-state index contributed by atoms with van der Waals surface area (Å²) in [4.78, 5) is 0. The summed E-state index contributed by atoms with van der Waals surface area (Å²) in [5, 5.41) is 7.48. The van der Waals surface area contributed by atoms with Crippen molar-refractivity contribution in [3.8, 4) is 0 Å². The molecule has 1 aliphatic rings. The van der Waals surface area contributed by atoms with Crippen LogP contribution in [0, 0.1) is 0 Å². The predicted molar refractivity (Wildman–Crippen MR) is 32.5 cm³/mol. The van der Waals surface area contributed by atoms with Crippen LogP contribution in [0.4, 0.5) is 0 Å². The Morgan fingerprint density at radius 2 is 1.38 bits per heavy atom. The Balaban J connectivity index is 2.65. The lowest BCUT2D eigenvalue weighted by Crippen LogP contribution is -2.41. The molecule has 0 saturated heterocycles. The zero-order valence-corrected chi connectivity index (χ0v) is 4.89. The van der Waals surface area contributed by atoms with Gasteiger partial charge in [0, 0.05) is 0 Å². The smallest absolute Gasteiger partial charge is 0.140 e. The van der Waals surface area contributed by atoms with Crippen molar-refractivity contribution in [2.24, 2.45) is 10.2 Å². The van der Waals surface area contributed by atoms with Crippen LogP contribution in [0.5, 0.6) is 0 Å². The summed E-state index contributed by atoms with van der Waals surface area (Å²) >= 11 is 0. The molecule has 0 spiro atoms. The van der Waals surface area contributed by atoms with Crippen LogP contribution >= 0.6 is 0 Å². The van der Waals surface area contributed by atoms with Gasteiger partial charge in [0.2, 0.25) is 0 Å². The van der Waals surface area contributed by atoms with Crippen LogP contribution in [0.2, 0.25) is 0 Å². The number of hydrogen-bond acceptors (Lipinski definition) is 4. The highest BCUT2D eigenvalue weighted by Gasteiger charge is 1.94. The maximum absolute atomic E-state index is 3.74. The molecule has 44 valence electrons. The van der Waals surface area contributed by atoms with E-state index in [1.807, 2.05) is 13.8 Å². The van der Waals surface area contributed by atoms with Gasteiger partial charge in [0.25, 0.3) is 0 Å². The largest absolute Gasteiger partial charge is 0.285 e. The summed E-state index contributed by atoms with van der Waals surface area (Å²) in [7, 11) is 0. The summed E-state index contributed by atoms with van der Waals surface area (Å²) in [6.45, 7) is 3.67. The molecular weight excluding hydrogens is 104 g/mol. The highest BCUT2D eigenvalue weighted by Crippen LogP contribution is 1.80. The zero-order valence-electron chi connectivity index (χ0n) is 4.89. The molecule has 1 rings (SSSR count). The number of rotatable bonds is 0. The zero-order chi connectivity index (χ0) is 5.98. The second-order valence-electron chi connectivity index (χ2n) is 1.62. The first-order chi connectivity index (χ1) is 3.79. The summed E-state index contributed by atoms with van der Waals surface area (Å²) in [6.07, 6.45) is 0. The van der Waals surface area contributed by atoms with Crippen LogP contribution in [-0.2, 0) is 0 Å². The van der Waals surface area contributed by atoms with Gasteiger partial charge in [-0.1, -0.05) is 0 Å². The van der Waals surface area contributed by atoms with Gasteiger partial charge in [-0.3, -0.25) is 10.9 Å². The Morgan fingerprint density at radius 3 is 1.62 bits per heavy atom. The summed E-state index contributed by atoms with van der Waals surface area (Å²) in [5.74, 6) is 1.58. The average Bonchev–Trinajstić information content (AvgIpc) is 1.77. The highest BCUT2D eigenvalue weighted by atomic mass is 15.5. The third-order valence-electron chi connectivity index (χ3n) is 0.774. The van der Waals surface area contributed by atoms with Crippen LogP contribution < -0.4 is 10.9 Å². The van der Waals surface area contributed by atoms with Gasteiger partial charge < -0.3 is 0 Å². The van der Waals surface area contributed by atoms with Crippen molar-refractivity contribution < 1.29 is 0 Å². The molecule has 0 aromatic rings. The molecule has 2 N–H and O–H groups in total. The van der Waals surface area contributed by atoms with Gasteiger partial charge >= 0.3 is 0 Å². The molecule has 4 heteroatoms. The lowest BCUT2D eigenvalue weighted by molar-refractivity contribution is 0.815. The Kier molecular flexibility index (Phi) is 1.15. The maximum Gasteiger partial charge on any atom is 0.140 e. The summed E-state index contributed by atoms with van der Waals surface area (Å²) in [6, 6.07) is 0. The minimum Gasteiger partial charge on any atom is -0.285 e. The van der Waals surface area contributed by atoms with Gasteiger partial charge in [-0.2, -0.15) is 0 Å². The number of hydrogen-bond donors (Lipinski definition) is 2. The van der Waals surface area contributed by atoms with E-state index < -0.39 is 0 Å². The first kappa shape index (κ1) is 5.08. The molecule has 0 radical (unpaired) electrons. The molecule has 0 unspecified atom stereocenters. The van der Waals surface area contributed by atoms with E-state index in [1.165, 1.54) is 0 Å². The van der Waals surface area contributed by atoms with Gasteiger partial charge in [-0.15, -0.1) is 10.2 Å². The van der Waals surface area contributed by atoms with E-state index in [0.29, 0.717) is 0 Å². The van der Waals surface area contributed by atoms with Gasteiger partial charge in [0.1, 0.15) is 11.7 Å². The van der Waals surface area contributed by atoms with Crippen LogP contribution in [0.15, 0.2) is 10.2 Å². The van der Waals surface area contributed by atoms with Crippen molar-refractivity contribution in [3.05, 3.63) is 0 Å². The SMILES string of the molecule is CC1=NN=C(C)NN1. The van der Waals surface area contributed by atoms with Gasteiger partial charge in [0.15, 0.2) is 0 Å². The molecule has 0 atom stereocenters. The van der Waals surface area contributed by atoms with Crippen LogP contribution in [-0.4, -0.2) is 11.7 Å². The molecule has 0 bridgehead atoms. The third-order valence-corrected chi connectivity index (χ3v) is 0.774. The van der Waals surface area contributed by atoms with Crippen LogP contribution in [0.3, 0.4) is 0 Å². The van der Waals surface area contributed by atoms with E-state index in [-0.39, 0.29) is 0 Å². The molecule has 0 saturated carbocycles. The Hall–Kier alpha value is -1.06. The lowest BCUT2D eigenvalue weighted by atomic mass is 10.6. The summed E-state index contributed by atoms with van der Waals surface area (Å²) < 4.78 is 0. The number of amidine groups is 2. The Morgan fingerprint density at radius 1 is 1.00 bits per heavy atom. The Bertz CT molecular complexity index is 128. The molecule has 4 nitrogen and oxygen atoms in total. The summed E-state index contributed by atoms with van der Waals surface area (Å²) in [5.41, 5.74) is 5.60. The third kappa shape index (κ3) is 0.959. The van der Waals surface area contributed by atoms with E-state index in [2.05, 4.69) is 21.1 Å². The van der Waals surface area contributed by atoms with Gasteiger partial charge in [0.05, 0.1) is 0 Å². The second-order valence-corrected chi connectivity index (χ2v) is 1.62. The lowest BCUT2D eigenvalue weighted by Gasteiger charge is -2.09. The molecule has 1 aliphatic heterocycles. The van der Waals surface area contributed by atoms with Crippen molar-refractivity contribution >= 4 is 11.7 Å². The number of hydrazine groups is 1. The molecule has 0 aliphatic carbocycles. The first-order valence-corrected chi connectivity index (χ1v) is 2.40. The van der Waals surface area contributed by atoms with Gasteiger partial charge in [-0.25, -0.2) is 0 Å². The standard InChI is InChI=1S/C4H8N4/c1-3-5-7-4(2)8-6-3/h1-2H3,(H,5,6)(H,7,8). The van der Waals surface area contributed by atoms with Crippen molar-refractivity contribution in [3.63, 3.8) is 0 Å². The normalized spacial score (nSPS) is 17.8. The fourth-order valence-electron chi connectivity index (χ4n) is 0.381. The quantitative estimate of drug-likeness (QED) is 0.457. The maximum atomic E-state index is 3.74. The van der Waals surface area contributed by atoms with E-state index in [1.54, 1.807) is 0 Å². The van der Waals surface area contributed by atoms with E-state index >= 15 is 0 Å². The topological polar surface area (TPSA) is 48.8 Å². The average molecular weight is 112 g/mol. The fourth-order valence-corrected chi connectivity index (χ4v) is 0.381. The molecule has 0 amide bonds. The number of nitrogens with one attached hydrogen (secondary N) is 2. The highest BCUT2D eigenvalue weighted by molar-refractivity contribution is 5.88. The first-order valence-electron chi connectivity index (χ1n) is 2.40. The van der Waals surface area contributed by atoms with Crippen molar-refractivity contribution in [2.75, 3.05) is 0 Å². The van der Waals surface area contributed by atoms with Crippen molar-refractivity contribution in [2.45, 2.75) is 13.8 Å². The molecule has 0 aromatic heterocycles. The van der Waals surface area contributed by atoms with Crippen molar-refractivity contribution in [1.82, 2.24) is 10.9 Å². The molecule has 1 heterocycles. The van der Waals surface area contributed by atoms with Crippen molar-refractivity contribution in [1.29, 1.82) is 0 Å². The molecule has 0 fully saturated rings.